The minimum absolute atomic E-state index is 0.769. The minimum atomic E-state index is 0.769. The highest BCUT2D eigenvalue weighted by molar-refractivity contribution is 5.83. The van der Waals surface area contributed by atoms with Gasteiger partial charge in [-0.25, -0.2) is 15.0 Å². The van der Waals surface area contributed by atoms with Gasteiger partial charge in [0.1, 0.15) is 11.6 Å². The maximum atomic E-state index is 4.52. The van der Waals surface area contributed by atoms with Crippen molar-refractivity contribution in [2.45, 2.75) is 20.3 Å². The van der Waals surface area contributed by atoms with Crippen molar-refractivity contribution in [2.75, 3.05) is 0 Å². The summed E-state index contributed by atoms with van der Waals surface area (Å²) in [6.07, 6.45) is 0.950. The fraction of sp³-hybridized carbons (Fsp3) is 0.167. The van der Waals surface area contributed by atoms with E-state index in [-0.39, 0.29) is 0 Å². The highest BCUT2D eigenvalue weighted by Crippen LogP contribution is 2.40. The van der Waals surface area contributed by atoms with Crippen LogP contribution in [0.5, 0.6) is 0 Å². The summed E-state index contributed by atoms with van der Waals surface area (Å²) in [6, 6.07) is 15.0. The van der Waals surface area contributed by atoms with Gasteiger partial charge in [-0.05, 0) is 42.5 Å². The van der Waals surface area contributed by atoms with Gasteiger partial charge in [0.2, 0.25) is 0 Å². The Morgan fingerprint density at radius 3 is 2.19 bits per heavy atom. The molecule has 0 radical (unpaired) electrons. The molecule has 0 atom stereocenters. The number of aryl methyl sites for hydroxylation is 2. The summed E-state index contributed by atoms with van der Waals surface area (Å²) >= 11 is 0. The number of benzene rings is 2. The molecule has 0 bridgehead atoms. The van der Waals surface area contributed by atoms with Crippen LogP contribution in [0.25, 0.3) is 22.5 Å². The lowest BCUT2D eigenvalue weighted by molar-refractivity contribution is 0.927. The Kier molecular flexibility index (Phi) is 2.61. The third-order valence-electron chi connectivity index (χ3n) is 3.95. The molecule has 3 aromatic rings. The molecular weight excluding hydrogens is 258 g/mol. The fourth-order valence-electron chi connectivity index (χ4n) is 3.10. The Morgan fingerprint density at radius 2 is 1.38 bits per heavy atom. The predicted molar refractivity (Wildman–Crippen MR) is 83.0 cm³/mol. The lowest BCUT2D eigenvalue weighted by Gasteiger charge is -2.08. The molecule has 2 aromatic carbocycles. The van der Waals surface area contributed by atoms with Crippen molar-refractivity contribution in [3.8, 4) is 22.5 Å². The van der Waals surface area contributed by atoms with Gasteiger partial charge in [0.15, 0.2) is 5.82 Å². The van der Waals surface area contributed by atoms with Crippen molar-refractivity contribution in [3.63, 3.8) is 0 Å². The molecule has 3 heteroatoms. The molecule has 21 heavy (non-hydrogen) atoms. The van der Waals surface area contributed by atoms with E-state index in [1.54, 1.807) is 0 Å². The molecular formula is C18H15N3. The van der Waals surface area contributed by atoms with Crippen LogP contribution in [0.15, 0.2) is 42.5 Å². The molecule has 0 unspecified atom stereocenters. The van der Waals surface area contributed by atoms with Crippen LogP contribution in [0.4, 0.5) is 0 Å². The van der Waals surface area contributed by atoms with Gasteiger partial charge in [-0.3, -0.25) is 0 Å². The first-order valence-electron chi connectivity index (χ1n) is 7.12. The largest absolute Gasteiger partial charge is 0.219 e. The van der Waals surface area contributed by atoms with Crippen molar-refractivity contribution < 1.29 is 0 Å². The highest BCUT2D eigenvalue weighted by Gasteiger charge is 2.22. The van der Waals surface area contributed by atoms with Gasteiger partial charge < -0.3 is 0 Å². The molecule has 0 amide bonds. The summed E-state index contributed by atoms with van der Waals surface area (Å²) in [4.78, 5) is 13.3. The van der Waals surface area contributed by atoms with Gasteiger partial charge in [0, 0.05) is 5.56 Å². The lowest BCUT2D eigenvalue weighted by atomic mass is 10.0. The van der Waals surface area contributed by atoms with Crippen LogP contribution < -0.4 is 0 Å². The monoisotopic (exact) mass is 273 g/mol. The predicted octanol–water partition coefficient (Wildman–Crippen LogP) is 3.73. The van der Waals surface area contributed by atoms with E-state index in [4.69, 9.17) is 0 Å². The Hall–Kier alpha value is -2.55. The molecule has 0 saturated heterocycles. The van der Waals surface area contributed by atoms with Crippen molar-refractivity contribution in [3.05, 3.63) is 65.2 Å². The van der Waals surface area contributed by atoms with Crippen molar-refractivity contribution in [1.29, 1.82) is 0 Å². The second-order valence-electron chi connectivity index (χ2n) is 5.42. The molecule has 0 spiro atoms. The second-order valence-corrected chi connectivity index (χ2v) is 5.42. The molecule has 1 aliphatic carbocycles. The van der Waals surface area contributed by atoms with Crippen molar-refractivity contribution >= 4 is 0 Å². The zero-order valence-electron chi connectivity index (χ0n) is 12.1. The van der Waals surface area contributed by atoms with E-state index in [1.165, 1.54) is 22.3 Å². The third-order valence-corrected chi connectivity index (χ3v) is 3.95. The summed E-state index contributed by atoms with van der Waals surface area (Å²) in [5, 5.41) is 0. The normalized spacial score (nSPS) is 12.1. The Balaban J connectivity index is 1.94. The van der Waals surface area contributed by atoms with Crippen molar-refractivity contribution in [1.82, 2.24) is 15.0 Å². The molecule has 0 saturated carbocycles. The zero-order chi connectivity index (χ0) is 14.4. The van der Waals surface area contributed by atoms with E-state index in [1.807, 2.05) is 13.8 Å². The number of rotatable bonds is 1. The molecule has 0 N–H and O–H groups in total. The summed E-state index contributed by atoms with van der Waals surface area (Å²) in [7, 11) is 0. The van der Waals surface area contributed by atoms with Crippen LogP contribution in [-0.2, 0) is 6.42 Å². The molecule has 1 aromatic heterocycles. The Labute approximate surface area is 123 Å². The number of hydrogen-bond donors (Lipinski definition) is 0. The number of fused-ring (bicyclic) bond motifs is 3. The van der Waals surface area contributed by atoms with Crippen LogP contribution in [0.3, 0.4) is 0 Å². The summed E-state index contributed by atoms with van der Waals surface area (Å²) in [5.74, 6) is 2.32. The van der Waals surface area contributed by atoms with Gasteiger partial charge in [-0.1, -0.05) is 42.5 Å². The van der Waals surface area contributed by atoms with Gasteiger partial charge in [-0.15, -0.1) is 0 Å². The molecule has 0 fully saturated rings. The van der Waals surface area contributed by atoms with Gasteiger partial charge in [0.25, 0.3) is 0 Å². The fourth-order valence-corrected chi connectivity index (χ4v) is 3.10. The molecule has 102 valence electrons. The number of hydrogen-bond acceptors (Lipinski definition) is 3. The maximum absolute atomic E-state index is 4.52. The van der Waals surface area contributed by atoms with Crippen LogP contribution in [0.2, 0.25) is 0 Å². The Morgan fingerprint density at radius 1 is 0.714 bits per heavy atom. The summed E-state index contributed by atoms with van der Waals surface area (Å²) < 4.78 is 0. The van der Waals surface area contributed by atoms with E-state index >= 15 is 0 Å². The molecule has 4 rings (SSSR count). The standard InChI is InChI=1S/C18H15N3/c1-11-19-12(2)21-18(20-11)16-9-5-8-15-14-7-4-3-6-13(14)10-17(15)16/h3-9H,10H2,1-2H3. The molecule has 0 aliphatic heterocycles. The second kappa shape index (κ2) is 4.48. The van der Waals surface area contributed by atoms with Crippen molar-refractivity contribution in [2.24, 2.45) is 0 Å². The number of nitrogens with zero attached hydrogens (tertiary/aromatic N) is 3. The minimum Gasteiger partial charge on any atom is -0.219 e. The van der Waals surface area contributed by atoms with E-state index in [0.29, 0.717) is 0 Å². The van der Waals surface area contributed by atoms with Crippen LogP contribution >= 0.6 is 0 Å². The highest BCUT2D eigenvalue weighted by atomic mass is 15.0. The van der Waals surface area contributed by atoms with E-state index in [2.05, 4.69) is 57.4 Å². The van der Waals surface area contributed by atoms with Crippen LogP contribution in [0, 0.1) is 13.8 Å². The van der Waals surface area contributed by atoms with Gasteiger partial charge >= 0.3 is 0 Å². The molecule has 3 nitrogen and oxygen atoms in total. The number of aromatic nitrogens is 3. The first-order valence-corrected chi connectivity index (χ1v) is 7.12. The third kappa shape index (κ3) is 1.93. The average Bonchev–Trinajstić information content (AvgIpc) is 2.84. The Bertz CT molecular complexity index is 833. The zero-order valence-corrected chi connectivity index (χ0v) is 12.1. The van der Waals surface area contributed by atoms with E-state index in [0.717, 1.165) is 29.5 Å². The average molecular weight is 273 g/mol. The SMILES string of the molecule is Cc1nc(C)nc(-c2cccc3c2Cc2ccccc2-3)n1. The lowest BCUT2D eigenvalue weighted by Crippen LogP contribution is -2.00. The maximum Gasteiger partial charge on any atom is 0.163 e. The first-order chi connectivity index (χ1) is 10.2. The molecule has 1 aliphatic rings. The molecule has 1 heterocycles. The quantitative estimate of drug-likeness (QED) is 0.530. The summed E-state index contributed by atoms with van der Waals surface area (Å²) in [6.45, 7) is 3.83. The van der Waals surface area contributed by atoms with Gasteiger partial charge in [0.05, 0.1) is 0 Å². The smallest absolute Gasteiger partial charge is 0.163 e. The topological polar surface area (TPSA) is 38.7 Å². The van der Waals surface area contributed by atoms with Gasteiger partial charge in [-0.2, -0.15) is 0 Å². The van der Waals surface area contributed by atoms with E-state index in [9.17, 15) is 0 Å². The first kappa shape index (κ1) is 12.2. The summed E-state index contributed by atoms with van der Waals surface area (Å²) in [5.41, 5.74) is 6.46. The van der Waals surface area contributed by atoms with Crippen LogP contribution in [-0.4, -0.2) is 15.0 Å². The van der Waals surface area contributed by atoms with E-state index < -0.39 is 0 Å². The van der Waals surface area contributed by atoms with Crippen LogP contribution in [0.1, 0.15) is 22.8 Å².